The minimum absolute atomic E-state index is 0.174. The van der Waals surface area contributed by atoms with Gasteiger partial charge in [0.25, 0.3) is 0 Å². The number of unbranched alkanes of at least 4 members (excludes halogenated alkanes) is 1. The molecule has 0 unspecified atom stereocenters. The van der Waals surface area contributed by atoms with Crippen molar-refractivity contribution in [3.05, 3.63) is 99.5 Å². The molecule has 3 aromatic carbocycles. The molecule has 40 heavy (non-hydrogen) atoms. The summed E-state index contributed by atoms with van der Waals surface area (Å²) < 4.78 is 5.48. The van der Waals surface area contributed by atoms with E-state index in [0.717, 1.165) is 18.4 Å². The molecule has 0 saturated carbocycles. The van der Waals surface area contributed by atoms with Crippen molar-refractivity contribution in [2.45, 2.75) is 32.7 Å². The Morgan fingerprint density at radius 2 is 1.73 bits per heavy atom. The zero-order valence-electron chi connectivity index (χ0n) is 22.2. The van der Waals surface area contributed by atoms with Crippen LogP contribution in [0.2, 0.25) is 10.0 Å². The molecule has 4 amide bonds. The van der Waals surface area contributed by atoms with Crippen molar-refractivity contribution in [3.63, 3.8) is 0 Å². The van der Waals surface area contributed by atoms with Crippen molar-refractivity contribution < 1.29 is 19.1 Å². The molecule has 8 nitrogen and oxygen atoms in total. The normalized spacial score (nSPS) is 14.9. The monoisotopic (exact) mass is 580 g/mol. The van der Waals surface area contributed by atoms with Crippen molar-refractivity contribution in [1.29, 1.82) is 0 Å². The maximum absolute atomic E-state index is 13.5. The van der Waals surface area contributed by atoms with Gasteiger partial charge in [0, 0.05) is 12.2 Å². The van der Waals surface area contributed by atoms with Gasteiger partial charge in [-0.15, -0.1) is 0 Å². The van der Waals surface area contributed by atoms with Crippen LogP contribution in [0.3, 0.4) is 0 Å². The lowest BCUT2D eigenvalue weighted by atomic mass is 9.91. The molecule has 1 heterocycles. The van der Waals surface area contributed by atoms with Crippen molar-refractivity contribution >= 4 is 58.3 Å². The van der Waals surface area contributed by atoms with Crippen molar-refractivity contribution in [2.24, 2.45) is 0 Å². The SMILES string of the molecule is CCCCN1C(=O)N[C@H](c2cccc(NC(=O)Nc3cccc(Cl)c3Cl)c2)C(C(=O)OCC)=C1c1ccccc1. The molecule has 1 aliphatic rings. The van der Waals surface area contributed by atoms with Crippen LogP contribution < -0.4 is 16.0 Å². The summed E-state index contributed by atoms with van der Waals surface area (Å²) in [5.41, 5.74) is 2.95. The maximum atomic E-state index is 13.5. The minimum atomic E-state index is -0.813. The van der Waals surface area contributed by atoms with Gasteiger partial charge in [0.2, 0.25) is 0 Å². The van der Waals surface area contributed by atoms with E-state index in [2.05, 4.69) is 16.0 Å². The second-order valence-corrected chi connectivity index (χ2v) is 9.83. The number of rotatable bonds is 9. The fourth-order valence-corrected chi connectivity index (χ4v) is 4.80. The zero-order valence-corrected chi connectivity index (χ0v) is 23.7. The molecule has 0 aromatic heterocycles. The Hall–Kier alpha value is -4.01. The van der Waals surface area contributed by atoms with Gasteiger partial charge < -0.3 is 20.7 Å². The molecule has 0 aliphatic carbocycles. The number of hydrogen-bond donors (Lipinski definition) is 3. The average Bonchev–Trinajstić information content (AvgIpc) is 2.95. The molecule has 0 radical (unpaired) electrons. The number of nitrogens with zero attached hydrogens (tertiary/aromatic N) is 1. The molecule has 3 aromatic rings. The fraction of sp³-hybridized carbons (Fsp3) is 0.233. The standard InChI is InChI=1S/C30H30Cl2N4O4/c1-3-5-17-36-27(19-11-7-6-8-12-19)24(28(37)40-4-2)26(35-30(36)39)20-13-9-14-21(18-20)33-29(38)34-23-16-10-15-22(31)25(23)32/h6-16,18,26H,3-5,17H2,1-2H3,(H,35,39)(H2,33,34,38)/t26-/m1/s1. The van der Waals surface area contributed by atoms with Crippen molar-refractivity contribution in [3.8, 4) is 0 Å². The summed E-state index contributed by atoms with van der Waals surface area (Å²) in [7, 11) is 0. The first-order valence-electron chi connectivity index (χ1n) is 13.0. The van der Waals surface area contributed by atoms with Crippen LogP contribution in [0.4, 0.5) is 21.0 Å². The van der Waals surface area contributed by atoms with Gasteiger partial charge >= 0.3 is 18.0 Å². The molecule has 10 heteroatoms. The molecule has 4 rings (SSSR count). The zero-order chi connectivity index (χ0) is 28.6. The lowest BCUT2D eigenvalue weighted by Gasteiger charge is -2.37. The minimum Gasteiger partial charge on any atom is -0.463 e. The third-order valence-electron chi connectivity index (χ3n) is 6.28. The molecular weight excluding hydrogens is 551 g/mol. The van der Waals surface area contributed by atoms with Crippen LogP contribution in [0.15, 0.2) is 78.4 Å². The molecule has 1 atom stereocenters. The second kappa shape index (κ2) is 13.4. The molecule has 0 spiro atoms. The van der Waals surface area contributed by atoms with Crippen LogP contribution >= 0.6 is 23.2 Å². The van der Waals surface area contributed by atoms with Gasteiger partial charge in [-0.05, 0) is 48.7 Å². The number of carbonyl (C=O) groups excluding carboxylic acids is 3. The van der Waals surface area contributed by atoms with E-state index in [1.807, 2.05) is 37.3 Å². The van der Waals surface area contributed by atoms with Crippen LogP contribution in [-0.2, 0) is 9.53 Å². The van der Waals surface area contributed by atoms with E-state index in [-0.39, 0.29) is 17.7 Å². The van der Waals surface area contributed by atoms with E-state index in [1.54, 1.807) is 54.3 Å². The largest absolute Gasteiger partial charge is 0.463 e. The van der Waals surface area contributed by atoms with E-state index in [1.165, 1.54) is 0 Å². The number of halogens is 2. The lowest BCUT2D eigenvalue weighted by Crippen LogP contribution is -2.48. The topological polar surface area (TPSA) is 99.8 Å². The van der Waals surface area contributed by atoms with Gasteiger partial charge in [0.1, 0.15) is 0 Å². The highest BCUT2D eigenvalue weighted by Gasteiger charge is 2.38. The van der Waals surface area contributed by atoms with Gasteiger partial charge in [-0.2, -0.15) is 0 Å². The number of urea groups is 2. The van der Waals surface area contributed by atoms with E-state index in [4.69, 9.17) is 27.9 Å². The number of hydrogen-bond acceptors (Lipinski definition) is 4. The highest BCUT2D eigenvalue weighted by Crippen LogP contribution is 2.37. The molecular formula is C30H30Cl2N4O4. The summed E-state index contributed by atoms with van der Waals surface area (Å²) in [4.78, 5) is 41.2. The van der Waals surface area contributed by atoms with E-state index >= 15 is 0 Å². The maximum Gasteiger partial charge on any atom is 0.338 e. The third-order valence-corrected chi connectivity index (χ3v) is 7.10. The summed E-state index contributed by atoms with van der Waals surface area (Å²) in [6, 6.07) is 19.5. The molecule has 0 saturated heterocycles. The van der Waals surface area contributed by atoms with Gasteiger partial charge in [0.15, 0.2) is 0 Å². The quantitative estimate of drug-likeness (QED) is 0.228. The summed E-state index contributed by atoms with van der Waals surface area (Å²) in [6.45, 7) is 4.39. The third kappa shape index (κ3) is 6.58. The van der Waals surface area contributed by atoms with E-state index in [0.29, 0.717) is 39.8 Å². The number of esters is 1. The van der Waals surface area contributed by atoms with Gasteiger partial charge in [-0.25, -0.2) is 14.4 Å². The predicted molar refractivity (Wildman–Crippen MR) is 158 cm³/mol. The first kappa shape index (κ1) is 29.0. The summed E-state index contributed by atoms with van der Waals surface area (Å²) in [5.74, 6) is -0.528. The average molecular weight is 582 g/mol. The smallest absolute Gasteiger partial charge is 0.338 e. The molecule has 208 valence electrons. The number of benzene rings is 3. The summed E-state index contributed by atoms with van der Waals surface area (Å²) >= 11 is 12.2. The first-order chi connectivity index (χ1) is 19.3. The molecule has 0 bridgehead atoms. The van der Waals surface area contributed by atoms with Crippen molar-refractivity contribution in [1.82, 2.24) is 10.2 Å². The number of carbonyl (C=O) groups is 3. The van der Waals surface area contributed by atoms with Gasteiger partial charge in [-0.3, -0.25) is 4.90 Å². The van der Waals surface area contributed by atoms with Crippen LogP contribution in [0.25, 0.3) is 5.70 Å². The van der Waals surface area contributed by atoms with Gasteiger partial charge in [0.05, 0.1) is 39.7 Å². The van der Waals surface area contributed by atoms with Crippen LogP contribution in [0.1, 0.15) is 43.9 Å². The van der Waals surface area contributed by atoms with Crippen LogP contribution in [0, 0.1) is 0 Å². The number of amides is 4. The Bertz CT molecular complexity index is 1430. The number of anilines is 2. The van der Waals surface area contributed by atoms with E-state index in [9.17, 15) is 14.4 Å². The number of ether oxygens (including phenoxy) is 1. The Morgan fingerprint density at radius 3 is 2.45 bits per heavy atom. The van der Waals surface area contributed by atoms with E-state index < -0.39 is 18.0 Å². The molecule has 1 aliphatic heterocycles. The first-order valence-corrected chi connectivity index (χ1v) is 13.8. The highest BCUT2D eigenvalue weighted by atomic mass is 35.5. The predicted octanol–water partition coefficient (Wildman–Crippen LogP) is 7.48. The second-order valence-electron chi connectivity index (χ2n) is 9.04. The Morgan fingerprint density at radius 1 is 0.975 bits per heavy atom. The highest BCUT2D eigenvalue weighted by molar-refractivity contribution is 6.44. The van der Waals surface area contributed by atoms with Crippen LogP contribution in [0.5, 0.6) is 0 Å². The number of nitrogens with one attached hydrogen (secondary N) is 3. The molecule has 0 fully saturated rings. The summed E-state index contributed by atoms with van der Waals surface area (Å²) in [5, 5.41) is 8.97. The Labute approximate surface area is 243 Å². The molecule has 3 N–H and O–H groups in total. The summed E-state index contributed by atoms with van der Waals surface area (Å²) in [6.07, 6.45) is 1.63. The van der Waals surface area contributed by atoms with Gasteiger partial charge in [-0.1, -0.05) is 85.1 Å². The fourth-order valence-electron chi connectivity index (χ4n) is 4.45. The van der Waals surface area contributed by atoms with Crippen molar-refractivity contribution in [2.75, 3.05) is 23.8 Å². The lowest BCUT2D eigenvalue weighted by molar-refractivity contribution is -0.138. The Balaban J connectivity index is 1.72. The van der Waals surface area contributed by atoms with Crippen LogP contribution in [-0.4, -0.2) is 36.1 Å². The Kier molecular flexibility index (Phi) is 9.69.